The van der Waals surface area contributed by atoms with E-state index < -0.39 is 5.82 Å². The molecule has 6 nitrogen and oxygen atoms in total. The van der Waals surface area contributed by atoms with Crippen molar-refractivity contribution in [2.24, 2.45) is 0 Å². The lowest BCUT2D eigenvalue weighted by Gasteiger charge is -2.04. The zero-order chi connectivity index (χ0) is 17.6. The van der Waals surface area contributed by atoms with Gasteiger partial charge in [0.1, 0.15) is 11.5 Å². The molecule has 4 aromatic rings. The lowest BCUT2D eigenvalue weighted by molar-refractivity contribution is 0.431. The number of aromatic nitrogens is 5. The Morgan fingerprint density at radius 3 is 2.68 bits per heavy atom. The Hall–Kier alpha value is -3.35. The molecule has 0 aliphatic carbocycles. The second-order valence-electron chi connectivity index (χ2n) is 4.81. The van der Waals surface area contributed by atoms with Gasteiger partial charge in [-0.15, -0.1) is 0 Å². The number of nitrogens with zero attached hydrogens (tertiary/aromatic N) is 5. The van der Waals surface area contributed by atoms with Crippen molar-refractivity contribution >= 4 is 0 Å². The first kappa shape index (κ1) is 16.5. The Morgan fingerprint density at radius 1 is 1.08 bits per heavy atom. The highest BCUT2D eigenvalue weighted by atomic mass is 19.1. The lowest BCUT2D eigenvalue weighted by atomic mass is 10.2. The van der Waals surface area contributed by atoms with Crippen molar-refractivity contribution in [1.29, 1.82) is 0 Å². The van der Waals surface area contributed by atoms with Crippen molar-refractivity contribution in [1.82, 2.24) is 24.7 Å². The molecule has 0 aliphatic rings. The van der Waals surface area contributed by atoms with E-state index in [0.717, 1.165) is 0 Å². The monoisotopic (exact) mass is 337 g/mol. The number of halogens is 1. The van der Waals surface area contributed by atoms with E-state index in [1.165, 1.54) is 12.1 Å². The maximum atomic E-state index is 13.9. The Morgan fingerprint density at radius 2 is 1.96 bits per heavy atom. The third-order valence-electron chi connectivity index (χ3n) is 3.25. The van der Waals surface area contributed by atoms with Gasteiger partial charge in [0.2, 0.25) is 5.82 Å². The molecule has 7 heteroatoms. The topological polar surface area (TPSA) is 69.6 Å². The molecule has 3 heterocycles. The molecule has 0 bridgehead atoms. The van der Waals surface area contributed by atoms with Crippen LogP contribution in [0.4, 0.5) is 4.39 Å². The van der Waals surface area contributed by atoms with Gasteiger partial charge in [-0.3, -0.25) is 4.98 Å². The highest BCUT2D eigenvalue weighted by Gasteiger charge is 2.13. The summed E-state index contributed by atoms with van der Waals surface area (Å²) in [5.74, 6) is 0.191. The molecule has 0 N–H and O–H groups in total. The van der Waals surface area contributed by atoms with Crippen LogP contribution in [0.3, 0.4) is 0 Å². The van der Waals surface area contributed by atoms with Crippen molar-refractivity contribution in [3.63, 3.8) is 0 Å². The fraction of sp³-hybridized carbons (Fsp3) is 0.111. The largest absolute Gasteiger partial charge is 0.332 e. The fourth-order valence-electron chi connectivity index (χ4n) is 2.20. The molecule has 0 radical (unpaired) electrons. The molecule has 0 fully saturated rings. The van der Waals surface area contributed by atoms with E-state index in [4.69, 9.17) is 4.52 Å². The van der Waals surface area contributed by atoms with Gasteiger partial charge in [-0.25, -0.2) is 9.37 Å². The van der Waals surface area contributed by atoms with Gasteiger partial charge >= 0.3 is 0 Å². The zero-order valence-corrected chi connectivity index (χ0v) is 13.8. The van der Waals surface area contributed by atoms with Crippen LogP contribution in [0.2, 0.25) is 0 Å². The molecule has 1 aromatic carbocycles. The van der Waals surface area contributed by atoms with Crippen LogP contribution in [0.25, 0.3) is 28.7 Å². The summed E-state index contributed by atoms with van der Waals surface area (Å²) in [6.07, 6.45) is 6.58. The third kappa shape index (κ3) is 3.60. The molecule has 4 rings (SSSR count). The van der Waals surface area contributed by atoms with Gasteiger partial charge in [0.15, 0.2) is 0 Å². The summed E-state index contributed by atoms with van der Waals surface area (Å²) in [6.45, 7) is 4.00. The standard InChI is InChI=1S/C16H10FN5O.C2H6/c17-12-7-11(8-13(9-12)22-6-5-18-10-22)15-20-16(23-21-15)14-3-1-2-4-19-14;1-2/h1-10H;1-2H3. The zero-order valence-electron chi connectivity index (χ0n) is 13.8. The van der Waals surface area contributed by atoms with Crippen LogP contribution in [0.15, 0.2) is 65.8 Å². The van der Waals surface area contributed by atoms with Crippen molar-refractivity contribution in [3.05, 3.63) is 67.1 Å². The minimum atomic E-state index is -0.393. The molecule has 0 atom stereocenters. The Balaban J connectivity index is 0.000000880. The molecule has 25 heavy (non-hydrogen) atoms. The van der Waals surface area contributed by atoms with E-state index in [2.05, 4.69) is 20.1 Å². The van der Waals surface area contributed by atoms with E-state index in [0.29, 0.717) is 22.8 Å². The van der Waals surface area contributed by atoms with Crippen molar-refractivity contribution in [2.45, 2.75) is 13.8 Å². The van der Waals surface area contributed by atoms with Crippen LogP contribution in [0, 0.1) is 5.82 Å². The number of hydrogen-bond donors (Lipinski definition) is 0. The summed E-state index contributed by atoms with van der Waals surface area (Å²) in [7, 11) is 0. The Labute approximate surface area is 144 Å². The van der Waals surface area contributed by atoms with Gasteiger partial charge < -0.3 is 9.09 Å². The Kier molecular flexibility index (Phi) is 4.94. The predicted octanol–water partition coefficient (Wildman–Crippen LogP) is 4.15. The van der Waals surface area contributed by atoms with E-state index in [1.807, 2.05) is 19.9 Å². The molecule has 0 spiro atoms. The van der Waals surface area contributed by atoms with E-state index >= 15 is 0 Å². The Bertz CT molecular complexity index is 935. The average Bonchev–Trinajstić information content (AvgIpc) is 3.36. The molecule has 126 valence electrons. The second kappa shape index (κ2) is 7.48. The maximum absolute atomic E-state index is 13.9. The van der Waals surface area contributed by atoms with Crippen molar-refractivity contribution in [3.8, 4) is 28.7 Å². The van der Waals surface area contributed by atoms with Gasteiger partial charge in [-0.1, -0.05) is 25.1 Å². The quantitative estimate of drug-likeness (QED) is 0.562. The first-order valence-corrected chi connectivity index (χ1v) is 7.84. The van der Waals surface area contributed by atoms with Crippen LogP contribution in [-0.2, 0) is 0 Å². The molecular formula is C18H16FN5O. The molecule has 0 amide bonds. The number of imidazole rings is 1. The van der Waals surface area contributed by atoms with Gasteiger partial charge in [0.05, 0.1) is 12.0 Å². The molecular weight excluding hydrogens is 321 g/mol. The first-order chi connectivity index (χ1) is 12.3. The summed E-state index contributed by atoms with van der Waals surface area (Å²) >= 11 is 0. The highest BCUT2D eigenvalue weighted by molar-refractivity contribution is 5.61. The van der Waals surface area contributed by atoms with Crippen molar-refractivity contribution < 1.29 is 8.91 Å². The summed E-state index contributed by atoms with van der Waals surface area (Å²) in [5, 5.41) is 3.91. The summed E-state index contributed by atoms with van der Waals surface area (Å²) in [4.78, 5) is 12.4. The summed E-state index contributed by atoms with van der Waals surface area (Å²) < 4.78 is 20.8. The van der Waals surface area contributed by atoms with Gasteiger partial charge in [0, 0.05) is 24.2 Å². The minimum Gasteiger partial charge on any atom is -0.332 e. The minimum absolute atomic E-state index is 0.286. The smallest absolute Gasteiger partial charge is 0.276 e. The van der Waals surface area contributed by atoms with E-state index in [9.17, 15) is 4.39 Å². The average molecular weight is 337 g/mol. The molecule has 3 aromatic heterocycles. The SMILES string of the molecule is CC.Fc1cc(-c2noc(-c3ccccn3)n2)cc(-n2ccnc2)c1. The number of pyridine rings is 1. The third-order valence-corrected chi connectivity index (χ3v) is 3.25. The first-order valence-electron chi connectivity index (χ1n) is 7.84. The second-order valence-corrected chi connectivity index (χ2v) is 4.81. The normalized spacial score (nSPS) is 10.2. The van der Waals surface area contributed by atoms with Gasteiger partial charge in [-0.2, -0.15) is 4.98 Å². The lowest BCUT2D eigenvalue weighted by Crippen LogP contribution is -1.93. The van der Waals surface area contributed by atoms with Crippen LogP contribution < -0.4 is 0 Å². The number of rotatable bonds is 3. The van der Waals surface area contributed by atoms with E-state index in [1.54, 1.807) is 47.7 Å². The van der Waals surface area contributed by atoms with Gasteiger partial charge in [-0.05, 0) is 30.3 Å². The van der Waals surface area contributed by atoms with Crippen molar-refractivity contribution in [2.75, 3.05) is 0 Å². The molecule has 0 saturated carbocycles. The molecule has 0 unspecified atom stereocenters. The van der Waals surface area contributed by atoms with Gasteiger partial charge in [0.25, 0.3) is 5.89 Å². The van der Waals surface area contributed by atoms with Crippen LogP contribution >= 0.6 is 0 Å². The van der Waals surface area contributed by atoms with Crippen LogP contribution in [-0.4, -0.2) is 24.7 Å². The number of hydrogen-bond acceptors (Lipinski definition) is 5. The number of benzene rings is 1. The summed E-state index contributed by atoms with van der Waals surface area (Å²) in [6, 6.07) is 9.91. The molecule has 0 saturated heterocycles. The van der Waals surface area contributed by atoms with Crippen LogP contribution in [0.1, 0.15) is 13.8 Å². The fourth-order valence-corrected chi connectivity index (χ4v) is 2.20. The summed E-state index contributed by atoms with van der Waals surface area (Å²) in [5.41, 5.74) is 1.71. The van der Waals surface area contributed by atoms with Crippen LogP contribution in [0.5, 0.6) is 0 Å². The van der Waals surface area contributed by atoms with E-state index in [-0.39, 0.29) is 5.89 Å². The predicted molar refractivity (Wildman–Crippen MR) is 91.4 cm³/mol. The highest BCUT2D eigenvalue weighted by Crippen LogP contribution is 2.24. The maximum Gasteiger partial charge on any atom is 0.276 e. The molecule has 0 aliphatic heterocycles.